The zero-order valence-corrected chi connectivity index (χ0v) is 15.1. The summed E-state index contributed by atoms with van der Waals surface area (Å²) in [5.74, 6) is 2.20. The molecule has 1 aliphatic carbocycles. The Labute approximate surface area is 152 Å². The molecule has 5 heteroatoms. The smallest absolute Gasteiger partial charge is 0.224 e. The lowest BCUT2D eigenvalue weighted by Gasteiger charge is -2.39. The molecule has 1 aromatic carbocycles. The number of nitrogens with zero attached hydrogens (tertiary/aromatic N) is 1. The summed E-state index contributed by atoms with van der Waals surface area (Å²) >= 11 is 1.91. The molecular weight excluding hydrogens is 332 g/mol. The first-order chi connectivity index (χ1) is 12.2. The van der Waals surface area contributed by atoms with Crippen molar-refractivity contribution < 1.29 is 9.53 Å². The van der Waals surface area contributed by atoms with Crippen LogP contribution in [-0.2, 0) is 11.3 Å². The summed E-state index contributed by atoms with van der Waals surface area (Å²) in [6.45, 7) is 0.535. The number of hydrogen-bond donors (Lipinski definition) is 1. The minimum Gasteiger partial charge on any atom is -0.497 e. The fourth-order valence-electron chi connectivity index (χ4n) is 4.04. The highest BCUT2D eigenvalue weighted by Gasteiger charge is 2.54. The first kappa shape index (κ1) is 16.5. The van der Waals surface area contributed by atoms with Crippen LogP contribution in [-0.4, -0.2) is 29.7 Å². The van der Waals surface area contributed by atoms with E-state index in [-0.39, 0.29) is 16.6 Å². The molecule has 0 aromatic heterocycles. The third-order valence-corrected chi connectivity index (χ3v) is 7.10. The van der Waals surface area contributed by atoms with E-state index in [2.05, 4.69) is 28.5 Å². The molecule has 1 fully saturated rings. The van der Waals surface area contributed by atoms with Crippen molar-refractivity contribution >= 4 is 23.9 Å². The van der Waals surface area contributed by atoms with Crippen LogP contribution in [0.15, 0.2) is 53.2 Å². The van der Waals surface area contributed by atoms with Crippen LogP contribution in [0.1, 0.15) is 18.4 Å². The average molecular weight is 354 g/mol. The van der Waals surface area contributed by atoms with Crippen LogP contribution in [0.25, 0.3) is 0 Å². The number of carbonyl (C=O) groups is 1. The van der Waals surface area contributed by atoms with Gasteiger partial charge in [-0.25, -0.2) is 0 Å². The van der Waals surface area contributed by atoms with E-state index in [1.54, 1.807) is 7.11 Å². The molecular formula is C20H22N2O2S. The lowest BCUT2D eigenvalue weighted by atomic mass is 9.73. The van der Waals surface area contributed by atoms with Gasteiger partial charge in [-0.05, 0) is 42.5 Å². The molecule has 1 N–H and O–H groups in total. The Morgan fingerprint density at radius 1 is 1.48 bits per heavy atom. The molecule has 3 unspecified atom stereocenters. The third kappa shape index (κ3) is 2.91. The number of amides is 1. The van der Waals surface area contributed by atoms with Crippen molar-refractivity contribution in [2.75, 3.05) is 12.9 Å². The number of aliphatic imine (C=N–C) groups is 1. The number of nitrogens with one attached hydrogen (secondary N) is 1. The number of hydrogen-bond acceptors (Lipinski definition) is 4. The second-order valence-corrected chi connectivity index (χ2v) is 8.06. The maximum atomic E-state index is 12.9. The maximum absolute atomic E-state index is 12.9. The zero-order valence-electron chi connectivity index (χ0n) is 14.3. The molecule has 3 atom stereocenters. The van der Waals surface area contributed by atoms with Gasteiger partial charge in [-0.1, -0.05) is 24.3 Å². The maximum Gasteiger partial charge on any atom is 0.224 e. The Balaban J connectivity index is 1.46. The number of thioether (sulfide) groups is 1. The highest BCUT2D eigenvalue weighted by Crippen LogP contribution is 2.56. The Morgan fingerprint density at radius 3 is 3.28 bits per heavy atom. The Bertz CT molecular complexity index is 771. The van der Waals surface area contributed by atoms with Crippen molar-refractivity contribution in [3.63, 3.8) is 0 Å². The summed E-state index contributed by atoms with van der Waals surface area (Å²) in [4.78, 5) is 17.5. The van der Waals surface area contributed by atoms with Crippen LogP contribution in [0.4, 0.5) is 0 Å². The summed E-state index contributed by atoms with van der Waals surface area (Å²) in [5, 5.41) is 3.13. The fourth-order valence-corrected chi connectivity index (χ4v) is 5.86. The summed E-state index contributed by atoms with van der Waals surface area (Å²) in [6.07, 6.45) is 10.2. The fraction of sp³-hybridized carbons (Fsp3) is 0.400. The molecule has 0 radical (unpaired) electrons. The van der Waals surface area contributed by atoms with Gasteiger partial charge in [0.1, 0.15) is 5.75 Å². The molecule has 3 aliphatic rings. The van der Waals surface area contributed by atoms with Gasteiger partial charge >= 0.3 is 0 Å². The third-order valence-electron chi connectivity index (χ3n) is 5.38. The Kier molecular flexibility index (Phi) is 4.42. The Morgan fingerprint density at radius 2 is 2.40 bits per heavy atom. The molecule has 4 rings (SSSR count). The highest BCUT2D eigenvalue weighted by atomic mass is 32.2. The van der Waals surface area contributed by atoms with Crippen LogP contribution in [0, 0.1) is 11.8 Å². The topological polar surface area (TPSA) is 50.7 Å². The monoisotopic (exact) mass is 354 g/mol. The van der Waals surface area contributed by atoms with Gasteiger partial charge in [0.15, 0.2) is 0 Å². The van der Waals surface area contributed by atoms with Gasteiger partial charge in [0.25, 0.3) is 0 Å². The van der Waals surface area contributed by atoms with Crippen molar-refractivity contribution in [2.24, 2.45) is 16.8 Å². The minimum atomic E-state index is 0.00146. The van der Waals surface area contributed by atoms with E-state index < -0.39 is 0 Å². The number of ether oxygens (including phenoxy) is 1. The summed E-state index contributed by atoms with van der Waals surface area (Å²) in [5.41, 5.74) is 2.19. The molecule has 1 amide bonds. The Hall–Kier alpha value is -2.01. The average Bonchev–Trinajstić information content (AvgIpc) is 3.04. The summed E-state index contributed by atoms with van der Waals surface area (Å²) in [7, 11) is 1.65. The lowest BCUT2D eigenvalue weighted by molar-refractivity contribution is -0.126. The van der Waals surface area contributed by atoms with Crippen molar-refractivity contribution in [1.82, 2.24) is 5.32 Å². The van der Waals surface area contributed by atoms with E-state index in [1.807, 2.05) is 42.2 Å². The van der Waals surface area contributed by atoms with Gasteiger partial charge in [0, 0.05) is 18.5 Å². The SMILES string of the molecule is COc1cccc(CNC(=O)C2CSC34CC=CC=C3N=CCC24)c1. The minimum absolute atomic E-state index is 0.00146. The van der Waals surface area contributed by atoms with E-state index in [1.165, 1.54) is 0 Å². The van der Waals surface area contributed by atoms with E-state index >= 15 is 0 Å². The second kappa shape index (κ2) is 6.71. The number of carbonyl (C=O) groups excluding carboxylic acids is 1. The predicted octanol–water partition coefficient (Wildman–Crippen LogP) is 3.35. The van der Waals surface area contributed by atoms with Gasteiger partial charge in [-0.2, -0.15) is 0 Å². The quantitative estimate of drug-likeness (QED) is 0.902. The van der Waals surface area contributed by atoms with E-state index in [9.17, 15) is 4.79 Å². The van der Waals surface area contributed by atoms with Crippen molar-refractivity contribution in [3.8, 4) is 5.75 Å². The van der Waals surface area contributed by atoms with E-state index in [4.69, 9.17) is 4.74 Å². The van der Waals surface area contributed by atoms with Gasteiger partial charge in [0.05, 0.1) is 23.5 Å². The largest absolute Gasteiger partial charge is 0.497 e. The van der Waals surface area contributed by atoms with Gasteiger partial charge < -0.3 is 10.1 Å². The summed E-state index contributed by atoms with van der Waals surface area (Å²) < 4.78 is 5.25. The predicted molar refractivity (Wildman–Crippen MR) is 102 cm³/mol. The van der Waals surface area contributed by atoms with Gasteiger partial charge in [-0.3, -0.25) is 9.79 Å². The molecule has 2 aliphatic heterocycles. The first-order valence-electron chi connectivity index (χ1n) is 8.67. The first-order valence-corrected chi connectivity index (χ1v) is 9.66. The standard InChI is InChI=1S/C20H22N2O2S/c1-24-15-6-4-5-14(11-15)12-22-19(23)16-13-25-20-9-3-2-7-18(20)21-10-8-17(16)20/h2-7,10-11,16-17H,8-9,12-13H2,1H3,(H,22,23). The van der Waals surface area contributed by atoms with Gasteiger partial charge in [-0.15, -0.1) is 11.8 Å². The molecule has 4 nitrogen and oxygen atoms in total. The normalized spacial score (nSPS) is 29.6. The van der Waals surface area contributed by atoms with E-state index in [0.717, 1.165) is 35.6 Å². The zero-order chi connectivity index (χ0) is 17.3. The lowest BCUT2D eigenvalue weighted by Crippen LogP contribution is -2.43. The summed E-state index contributed by atoms with van der Waals surface area (Å²) in [6, 6.07) is 7.83. The molecule has 1 aromatic rings. The van der Waals surface area contributed by atoms with Crippen LogP contribution >= 0.6 is 11.8 Å². The van der Waals surface area contributed by atoms with E-state index in [0.29, 0.717) is 12.5 Å². The van der Waals surface area contributed by atoms with Crippen LogP contribution in [0.5, 0.6) is 5.75 Å². The van der Waals surface area contributed by atoms with Gasteiger partial charge in [0.2, 0.25) is 5.91 Å². The molecule has 1 spiro atoms. The molecule has 130 valence electrons. The molecule has 2 heterocycles. The second-order valence-electron chi connectivity index (χ2n) is 6.71. The molecule has 0 bridgehead atoms. The highest BCUT2D eigenvalue weighted by molar-refractivity contribution is 8.01. The molecule has 1 saturated heterocycles. The van der Waals surface area contributed by atoms with Crippen LogP contribution in [0.3, 0.4) is 0 Å². The van der Waals surface area contributed by atoms with Crippen LogP contribution < -0.4 is 10.1 Å². The number of allylic oxidation sites excluding steroid dienone is 3. The number of benzene rings is 1. The molecule has 25 heavy (non-hydrogen) atoms. The number of rotatable bonds is 4. The number of methoxy groups -OCH3 is 1. The molecule has 0 saturated carbocycles. The van der Waals surface area contributed by atoms with Crippen molar-refractivity contribution in [2.45, 2.75) is 24.1 Å². The van der Waals surface area contributed by atoms with Crippen molar-refractivity contribution in [1.29, 1.82) is 0 Å². The van der Waals surface area contributed by atoms with Crippen molar-refractivity contribution in [3.05, 3.63) is 53.8 Å². The van der Waals surface area contributed by atoms with Crippen LogP contribution in [0.2, 0.25) is 0 Å².